The first kappa shape index (κ1) is 14.1. The summed E-state index contributed by atoms with van der Waals surface area (Å²) in [7, 11) is 2.66. The molecule has 1 aliphatic carbocycles. The van der Waals surface area contributed by atoms with Crippen LogP contribution in [0.25, 0.3) is 0 Å². The number of nitrogens with zero attached hydrogens (tertiary/aromatic N) is 1. The van der Waals surface area contributed by atoms with E-state index in [1.807, 2.05) is 0 Å². The van der Waals surface area contributed by atoms with Crippen molar-refractivity contribution in [3.05, 3.63) is 12.1 Å². The molecule has 1 aliphatic heterocycles. The fraction of sp³-hybridized carbons (Fsp3) is 0.545. The van der Waals surface area contributed by atoms with Gasteiger partial charge in [0.05, 0.1) is 20.4 Å². The molecule has 0 atom stereocenters. The first-order chi connectivity index (χ1) is 9.50. The standard InChI is InChI=1S/C11H15N3O6/c1-18-10(17)11(3-4-11)13-9(16)8(15)12-7-5-14(19-2)6-20-7/h5H,3-4,6H2,1-2H3,(H,12,15)(H,13,16). The maximum atomic E-state index is 11.7. The Bertz CT molecular complexity index is 471. The minimum atomic E-state index is -1.06. The Morgan fingerprint density at radius 1 is 1.30 bits per heavy atom. The maximum Gasteiger partial charge on any atom is 0.331 e. The van der Waals surface area contributed by atoms with Gasteiger partial charge in [-0.15, -0.1) is 0 Å². The van der Waals surface area contributed by atoms with Gasteiger partial charge in [-0.1, -0.05) is 0 Å². The van der Waals surface area contributed by atoms with Crippen molar-refractivity contribution in [2.24, 2.45) is 0 Å². The smallest absolute Gasteiger partial charge is 0.331 e. The lowest BCUT2D eigenvalue weighted by atomic mass is 10.2. The van der Waals surface area contributed by atoms with E-state index in [1.165, 1.54) is 25.5 Å². The summed E-state index contributed by atoms with van der Waals surface area (Å²) in [6.45, 7) is 0.111. The lowest BCUT2D eigenvalue weighted by Gasteiger charge is -2.14. The van der Waals surface area contributed by atoms with Crippen LogP contribution in [-0.2, 0) is 28.7 Å². The Kier molecular flexibility index (Phi) is 3.79. The van der Waals surface area contributed by atoms with E-state index < -0.39 is 23.3 Å². The van der Waals surface area contributed by atoms with Gasteiger partial charge in [0.1, 0.15) is 5.54 Å². The van der Waals surface area contributed by atoms with Crippen LogP contribution in [0.2, 0.25) is 0 Å². The first-order valence-electron chi connectivity index (χ1n) is 5.88. The molecule has 2 N–H and O–H groups in total. The highest BCUT2D eigenvalue weighted by Gasteiger charge is 2.53. The lowest BCUT2D eigenvalue weighted by molar-refractivity contribution is -0.148. The average molecular weight is 285 g/mol. The van der Waals surface area contributed by atoms with Gasteiger partial charge in [-0.25, -0.2) is 9.86 Å². The number of rotatable bonds is 4. The first-order valence-corrected chi connectivity index (χ1v) is 5.88. The lowest BCUT2D eigenvalue weighted by Crippen LogP contribution is -2.49. The van der Waals surface area contributed by atoms with Gasteiger partial charge >= 0.3 is 17.8 Å². The summed E-state index contributed by atoms with van der Waals surface area (Å²) >= 11 is 0. The molecule has 0 aromatic rings. The summed E-state index contributed by atoms with van der Waals surface area (Å²) < 4.78 is 9.63. The van der Waals surface area contributed by atoms with Gasteiger partial charge in [-0.05, 0) is 12.8 Å². The third kappa shape index (κ3) is 2.82. The Morgan fingerprint density at radius 2 is 2.00 bits per heavy atom. The van der Waals surface area contributed by atoms with Gasteiger partial charge in [0.15, 0.2) is 6.73 Å². The predicted octanol–water partition coefficient (Wildman–Crippen LogP) is -1.43. The van der Waals surface area contributed by atoms with Crippen LogP contribution in [-0.4, -0.2) is 49.3 Å². The van der Waals surface area contributed by atoms with Crippen LogP contribution >= 0.6 is 0 Å². The molecule has 0 bridgehead atoms. The van der Waals surface area contributed by atoms with Crippen LogP contribution in [0.1, 0.15) is 12.8 Å². The minimum Gasteiger partial charge on any atom is -0.467 e. The molecule has 110 valence electrons. The van der Waals surface area contributed by atoms with E-state index in [0.717, 1.165) is 0 Å². The number of nitrogens with one attached hydrogen (secondary N) is 2. The number of methoxy groups -OCH3 is 1. The maximum absolute atomic E-state index is 11.7. The molecule has 2 rings (SSSR count). The van der Waals surface area contributed by atoms with Crippen LogP contribution in [0.5, 0.6) is 0 Å². The van der Waals surface area contributed by atoms with E-state index in [9.17, 15) is 14.4 Å². The van der Waals surface area contributed by atoms with Crippen LogP contribution in [0, 0.1) is 0 Å². The van der Waals surface area contributed by atoms with Crippen molar-refractivity contribution in [2.75, 3.05) is 21.0 Å². The van der Waals surface area contributed by atoms with Crippen molar-refractivity contribution < 1.29 is 28.7 Å². The minimum absolute atomic E-state index is 0.0925. The van der Waals surface area contributed by atoms with Crippen molar-refractivity contribution >= 4 is 17.8 Å². The molecule has 0 aromatic carbocycles. The molecule has 1 saturated carbocycles. The number of hydrogen-bond acceptors (Lipinski definition) is 7. The summed E-state index contributed by atoms with van der Waals surface area (Å²) in [6, 6.07) is 0. The Hall–Kier alpha value is -2.29. The highest BCUT2D eigenvalue weighted by atomic mass is 16.7. The predicted molar refractivity (Wildman–Crippen MR) is 63.1 cm³/mol. The summed E-state index contributed by atoms with van der Waals surface area (Å²) in [5.74, 6) is -2.31. The van der Waals surface area contributed by atoms with E-state index in [-0.39, 0.29) is 12.6 Å². The van der Waals surface area contributed by atoms with Gasteiger partial charge in [0.2, 0.25) is 5.88 Å². The molecule has 0 spiro atoms. The third-order valence-corrected chi connectivity index (χ3v) is 2.96. The van der Waals surface area contributed by atoms with E-state index in [1.54, 1.807) is 0 Å². The number of ether oxygens (including phenoxy) is 2. The number of carbonyl (C=O) groups excluding carboxylic acids is 3. The molecule has 1 heterocycles. The van der Waals surface area contributed by atoms with Crippen LogP contribution in [0.4, 0.5) is 0 Å². The molecular formula is C11H15N3O6. The Labute approximate surface area is 114 Å². The average Bonchev–Trinajstić information content (AvgIpc) is 3.08. The number of hydroxylamine groups is 2. The highest BCUT2D eigenvalue weighted by molar-refractivity contribution is 6.36. The van der Waals surface area contributed by atoms with Crippen molar-refractivity contribution in [3.8, 4) is 0 Å². The summed E-state index contributed by atoms with van der Waals surface area (Å²) in [5.41, 5.74) is -1.06. The molecule has 0 saturated heterocycles. The number of amides is 2. The largest absolute Gasteiger partial charge is 0.467 e. The van der Waals surface area contributed by atoms with Crippen molar-refractivity contribution in [2.45, 2.75) is 18.4 Å². The quantitative estimate of drug-likeness (QED) is 0.482. The highest BCUT2D eigenvalue weighted by Crippen LogP contribution is 2.36. The van der Waals surface area contributed by atoms with Gasteiger partial charge in [0, 0.05) is 0 Å². The fourth-order valence-electron chi connectivity index (χ4n) is 1.66. The summed E-state index contributed by atoms with van der Waals surface area (Å²) in [4.78, 5) is 39.6. The van der Waals surface area contributed by atoms with E-state index >= 15 is 0 Å². The second kappa shape index (κ2) is 5.37. The molecule has 20 heavy (non-hydrogen) atoms. The zero-order chi connectivity index (χ0) is 14.8. The molecule has 0 unspecified atom stereocenters. The topological polar surface area (TPSA) is 106 Å². The van der Waals surface area contributed by atoms with Gasteiger partial charge in [-0.2, -0.15) is 0 Å². The van der Waals surface area contributed by atoms with E-state index in [4.69, 9.17) is 9.57 Å². The second-order valence-electron chi connectivity index (χ2n) is 4.35. The third-order valence-electron chi connectivity index (χ3n) is 2.96. The Morgan fingerprint density at radius 3 is 2.50 bits per heavy atom. The summed E-state index contributed by atoms with van der Waals surface area (Å²) in [5, 5.41) is 5.95. The van der Waals surface area contributed by atoms with Gasteiger partial charge in [-0.3, -0.25) is 19.7 Å². The molecule has 0 radical (unpaired) electrons. The van der Waals surface area contributed by atoms with Crippen LogP contribution in [0.3, 0.4) is 0 Å². The zero-order valence-corrected chi connectivity index (χ0v) is 11.1. The van der Waals surface area contributed by atoms with Crippen molar-refractivity contribution in [1.82, 2.24) is 15.7 Å². The summed E-state index contributed by atoms with van der Waals surface area (Å²) in [6.07, 6.45) is 2.29. The van der Waals surface area contributed by atoms with Gasteiger partial charge in [0.25, 0.3) is 0 Å². The second-order valence-corrected chi connectivity index (χ2v) is 4.35. The zero-order valence-electron chi connectivity index (χ0n) is 11.1. The van der Waals surface area contributed by atoms with Crippen molar-refractivity contribution in [3.63, 3.8) is 0 Å². The fourth-order valence-corrected chi connectivity index (χ4v) is 1.66. The number of hydrogen-bond donors (Lipinski definition) is 2. The van der Waals surface area contributed by atoms with Crippen molar-refractivity contribution in [1.29, 1.82) is 0 Å². The van der Waals surface area contributed by atoms with E-state index in [2.05, 4.69) is 15.4 Å². The van der Waals surface area contributed by atoms with E-state index in [0.29, 0.717) is 12.8 Å². The van der Waals surface area contributed by atoms with Crippen LogP contribution in [0.15, 0.2) is 12.1 Å². The van der Waals surface area contributed by atoms with Gasteiger partial charge < -0.3 is 14.8 Å². The normalized spacial score (nSPS) is 18.7. The SMILES string of the molecule is COC(=O)C1(NC(=O)C(=O)NC2=CN(OC)CO2)CC1. The number of carbonyl (C=O) groups is 3. The Balaban J connectivity index is 1.87. The monoisotopic (exact) mass is 285 g/mol. The molecule has 9 nitrogen and oxygen atoms in total. The number of esters is 1. The molecule has 2 amide bonds. The molecule has 9 heteroatoms. The molecule has 0 aromatic heterocycles. The molecule has 2 aliphatic rings. The van der Waals surface area contributed by atoms with Crippen LogP contribution < -0.4 is 10.6 Å². The molecule has 1 fully saturated rings. The molecular weight excluding hydrogens is 270 g/mol.